The highest BCUT2D eigenvalue weighted by Crippen LogP contribution is 2.28. The third-order valence-corrected chi connectivity index (χ3v) is 3.50. The number of urea groups is 1. The Hall–Kier alpha value is -2.18. The van der Waals surface area contributed by atoms with Crippen LogP contribution in [-0.4, -0.2) is 11.9 Å². The summed E-state index contributed by atoms with van der Waals surface area (Å²) in [5.41, 5.74) is 4.18. The van der Waals surface area contributed by atoms with Crippen molar-refractivity contribution in [3.05, 3.63) is 63.6 Å². The highest BCUT2D eigenvalue weighted by atomic mass is 35.5. The number of imide groups is 1. The van der Waals surface area contributed by atoms with E-state index in [1.807, 2.05) is 0 Å². The fourth-order valence-electron chi connectivity index (χ4n) is 1.78. The number of rotatable bonds is 2. The lowest BCUT2D eigenvalue weighted by Crippen LogP contribution is -2.41. The largest absolute Gasteiger partial charge is 0.351 e. The summed E-state index contributed by atoms with van der Waals surface area (Å²) in [6.45, 7) is 0. The van der Waals surface area contributed by atoms with Crippen LogP contribution in [-0.2, 0) is 0 Å². The first-order chi connectivity index (χ1) is 10.3. The lowest BCUT2D eigenvalue weighted by molar-refractivity contribution is 0.0987. The van der Waals surface area contributed by atoms with Gasteiger partial charge >= 0.3 is 6.03 Å². The molecule has 0 saturated carbocycles. The molecule has 0 aliphatic rings. The van der Waals surface area contributed by atoms with Crippen molar-refractivity contribution >= 4 is 40.8 Å². The monoisotopic (exact) mass is 344 g/mol. The van der Waals surface area contributed by atoms with Gasteiger partial charge in [0.2, 0.25) is 0 Å². The molecule has 2 rings (SSSR count). The van der Waals surface area contributed by atoms with Gasteiger partial charge in [0.15, 0.2) is 0 Å². The zero-order chi connectivity index (χ0) is 16.4. The molecule has 2 aromatic carbocycles. The van der Waals surface area contributed by atoms with Crippen LogP contribution >= 0.6 is 23.2 Å². The van der Waals surface area contributed by atoms with Gasteiger partial charge in [-0.25, -0.2) is 18.5 Å². The number of hydrogen-bond donors (Lipinski definition) is 1. The van der Waals surface area contributed by atoms with E-state index in [-0.39, 0.29) is 15.7 Å². The average molecular weight is 345 g/mol. The fourth-order valence-corrected chi connectivity index (χ4v) is 2.07. The van der Waals surface area contributed by atoms with Gasteiger partial charge in [-0.05, 0) is 30.3 Å². The first-order valence-corrected chi connectivity index (χ1v) is 6.61. The minimum Gasteiger partial charge on any atom is -0.351 e. The van der Waals surface area contributed by atoms with E-state index in [1.165, 1.54) is 18.2 Å². The second kappa shape index (κ2) is 6.29. The molecule has 0 atom stereocenters. The summed E-state index contributed by atoms with van der Waals surface area (Å²) in [5, 5.41) is 0.228. The van der Waals surface area contributed by atoms with Crippen molar-refractivity contribution in [3.8, 4) is 0 Å². The van der Waals surface area contributed by atoms with Crippen molar-refractivity contribution in [2.24, 2.45) is 5.73 Å². The predicted molar refractivity (Wildman–Crippen MR) is 79.2 cm³/mol. The molecule has 114 valence electrons. The van der Waals surface area contributed by atoms with Gasteiger partial charge in [-0.3, -0.25) is 4.79 Å². The number of carbonyl (C=O) groups is 2. The minimum absolute atomic E-state index is 0.0484. The molecule has 4 nitrogen and oxygen atoms in total. The topological polar surface area (TPSA) is 63.4 Å². The number of carbonyl (C=O) groups excluding carboxylic acids is 2. The molecule has 0 unspecified atom stereocenters. The Bertz CT molecular complexity index is 748. The van der Waals surface area contributed by atoms with Crippen molar-refractivity contribution in [1.82, 2.24) is 0 Å². The molecule has 3 amide bonds. The molecule has 0 spiro atoms. The maximum absolute atomic E-state index is 13.7. The van der Waals surface area contributed by atoms with Crippen LogP contribution in [0.1, 0.15) is 10.4 Å². The lowest BCUT2D eigenvalue weighted by atomic mass is 10.1. The van der Waals surface area contributed by atoms with E-state index < -0.39 is 29.1 Å². The van der Waals surface area contributed by atoms with Crippen LogP contribution in [0.4, 0.5) is 19.3 Å². The van der Waals surface area contributed by atoms with Gasteiger partial charge in [-0.2, -0.15) is 0 Å². The second-order valence-electron chi connectivity index (χ2n) is 4.17. The maximum Gasteiger partial charge on any atom is 0.326 e. The van der Waals surface area contributed by atoms with Crippen LogP contribution < -0.4 is 10.6 Å². The van der Waals surface area contributed by atoms with Crippen LogP contribution in [0.15, 0.2) is 36.4 Å². The molecule has 0 aliphatic heterocycles. The molecule has 2 N–H and O–H groups in total. The zero-order valence-electron chi connectivity index (χ0n) is 10.8. The number of amides is 3. The standard InChI is InChI=1S/C14H8Cl2F2N2O2/c15-8-5-4-7(6-9(8)16)20(14(19)22)13(21)12-10(17)2-1-3-11(12)18/h1-6H,(H2,19,22). The highest BCUT2D eigenvalue weighted by molar-refractivity contribution is 6.42. The van der Waals surface area contributed by atoms with E-state index in [1.54, 1.807) is 0 Å². The Labute approximate surface area is 134 Å². The molecule has 0 aliphatic carbocycles. The van der Waals surface area contributed by atoms with Gasteiger partial charge in [0.05, 0.1) is 15.7 Å². The van der Waals surface area contributed by atoms with Crippen molar-refractivity contribution < 1.29 is 18.4 Å². The first-order valence-electron chi connectivity index (χ1n) is 5.86. The van der Waals surface area contributed by atoms with Crippen molar-refractivity contribution in [2.45, 2.75) is 0 Å². The third-order valence-electron chi connectivity index (χ3n) is 2.76. The van der Waals surface area contributed by atoms with Crippen LogP contribution in [0.5, 0.6) is 0 Å². The Balaban J connectivity index is 2.55. The quantitative estimate of drug-likeness (QED) is 0.894. The van der Waals surface area contributed by atoms with E-state index >= 15 is 0 Å². The van der Waals surface area contributed by atoms with Gasteiger partial charge < -0.3 is 5.73 Å². The molecular weight excluding hydrogens is 337 g/mol. The number of benzene rings is 2. The van der Waals surface area contributed by atoms with E-state index in [4.69, 9.17) is 28.9 Å². The number of nitrogens with zero attached hydrogens (tertiary/aromatic N) is 1. The van der Waals surface area contributed by atoms with Gasteiger partial charge in [0.25, 0.3) is 5.91 Å². The fraction of sp³-hybridized carbons (Fsp3) is 0. The molecule has 0 heterocycles. The minimum atomic E-state index is -1.25. The number of nitrogens with two attached hydrogens (primary N) is 1. The van der Waals surface area contributed by atoms with E-state index in [0.29, 0.717) is 4.90 Å². The van der Waals surface area contributed by atoms with Crippen molar-refractivity contribution in [1.29, 1.82) is 0 Å². The normalized spacial score (nSPS) is 10.4. The SMILES string of the molecule is NC(=O)N(C(=O)c1c(F)cccc1F)c1ccc(Cl)c(Cl)c1. The molecule has 22 heavy (non-hydrogen) atoms. The summed E-state index contributed by atoms with van der Waals surface area (Å²) in [5.74, 6) is -3.48. The Morgan fingerprint density at radius 2 is 1.59 bits per heavy atom. The third kappa shape index (κ3) is 3.03. The summed E-state index contributed by atoms with van der Waals surface area (Å²) in [6.07, 6.45) is 0. The van der Waals surface area contributed by atoms with Crippen LogP contribution in [0, 0.1) is 11.6 Å². The molecule has 2 aromatic rings. The summed E-state index contributed by atoms with van der Waals surface area (Å²) >= 11 is 11.5. The van der Waals surface area contributed by atoms with Gasteiger partial charge in [-0.1, -0.05) is 29.3 Å². The van der Waals surface area contributed by atoms with Gasteiger partial charge in [-0.15, -0.1) is 0 Å². The van der Waals surface area contributed by atoms with Gasteiger partial charge in [0, 0.05) is 0 Å². The van der Waals surface area contributed by atoms with E-state index in [9.17, 15) is 18.4 Å². The van der Waals surface area contributed by atoms with Crippen LogP contribution in [0.25, 0.3) is 0 Å². The molecule has 0 saturated heterocycles. The summed E-state index contributed by atoms with van der Waals surface area (Å²) in [4.78, 5) is 24.2. The summed E-state index contributed by atoms with van der Waals surface area (Å²) < 4.78 is 27.4. The summed E-state index contributed by atoms with van der Waals surface area (Å²) in [6, 6.07) is 5.44. The molecule has 8 heteroatoms. The van der Waals surface area contributed by atoms with E-state index in [2.05, 4.69) is 0 Å². The Morgan fingerprint density at radius 1 is 1.00 bits per heavy atom. The molecule has 0 fully saturated rings. The second-order valence-corrected chi connectivity index (χ2v) is 4.99. The summed E-state index contributed by atoms with van der Waals surface area (Å²) in [7, 11) is 0. The first kappa shape index (κ1) is 16.2. The highest BCUT2D eigenvalue weighted by Gasteiger charge is 2.28. The Morgan fingerprint density at radius 3 is 2.09 bits per heavy atom. The number of hydrogen-bond acceptors (Lipinski definition) is 2. The molecule has 0 bridgehead atoms. The maximum atomic E-state index is 13.7. The lowest BCUT2D eigenvalue weighted by Gasteiger charge is -2.19. The average Bonchev–Trinajstić information content (AvgIpc) is 2.42. The van der Waals surface area contributed by atoms with Crippen molar-refractivity contribution in [3.63, 3.8) is 0 Å². The smallest absolute Gasteiger partial charge is 0.326 e. The number of primary amides is 1. The van der Waals surface area contributed by atoms with Crippen molar-refractivity contribution in [2.75, 3.05) is 4.90 Å². The molecule has 0 radical (unpaired) electrons. The Kier molecular flexibility index (Phi) is 4.63. The molecule has 0 aromatic heterocycles. The van der Waals surface area contributed by atoms with Crippen LogP contribution in [0.3, 0.4) is 0 Å². The molecular formula is C14H8Cl2F2N2O2. The number of anilines is 1. The van der Waals surface area contributed by atoms with Crippen LogP contribution in [0.2, 0.25) is 10.0 Å². The zero-order valence-corrected chi connectivity index (χ0v) is 12.3. The van der Waals surface area contributed by atoms with E-state index in [0.717, 1.165) is 18.2 Å². The van der Waals surface area contributed by atoms with Gasteiger partial charge in [0.1, 0.15) is 17.2 Å². The predicted octanol–water partition coefficient (Wildman–Crippen LogP) is 4.00. The number of halogens is 4.